The number of nitrogens with one attached hydrogen (secondary N) is 2. The SMILES string of the molecule is CN(C)c1ccc(C#CCNC(=O)c2cc(-c3cccs3)[nH]n2)cc1. The van der Waals surface area contributed by atoms with Gasteiger partial charge in [0.05, 0.1) is 17.1 Å². The fraction of sp³-hybridized carbons (Fsp3) is 0.158. The van der Waals surface area contributed by atoms with Gasteiger partial charge in [-0.15, -0.1) is 11.3 Å². The number of carbonyl (C=O) groups is 1. The number of aromatic nitrogens is 2. The minimum Gasteiger partial charge on any atom is -0.378 e. The Morgan fingerprint density at radius 1 is 1.28 bits per heavy atom. The van der Waals surface area contributed by atoms with E-state index in [0.717, 1.165) is 21.8 Å². The number of benzene rings is 1. The average molecular weight is 350 g/mol. The third kappa shape index (κ3) is 4.28. The number of hydrogen-bond acceptors (Lipinski definition) is 4. The first-order chi connectivity index (χ1) is 12.1. The quantitative estimate of drug-likeness (QED) is 0.711. The van der Waals surface area contributed by atoms with Crippen molar-refractivity contribution in [1.82, 2.24) is 15.5 Å². The summed E-state index contributed by atoms with van der Waals surface area (Å²) in [5, 5.41) is 11.7. The van der Waals surface area contributed by atoms with E-state index in [9.17, 15) is 4.79 Å². The van der Waals surface area contributed by atoms with Gasteiger partial charge in [-0.05, 0) is 41.8 Å². The lowest BCUT2D eigenvalue weighted by Crippen LogP contribution is -2.23. The van der Waals surface area contributed by atoms with Gasteiger partial charge in [-0.2, -0.15) is 5.10 Å². The zero-order valence-corrected chi connectivity index (χ0v) is 14.9. The summed E-state index contributed by atoms with van der Waals surface area (Å²) < 4.78 is 0. The molecule has 6 heteroatoms. The first-order valence-corrected chi connectivity index (χ1v) is 8.65. The summed E-state index contributed by atoms with van der Waals surface area (Å²) in [7, 11) is 3.99. The minimum atomic E-state index is -0.240. The molecular formula is C19H18N4OS. The van der Waals surface area contributed by atoms with Crippen LogP contribution in [0, 0.1) is 11.8 Å². The Morgan fingerprint density at radius 2 is 2.08 bits per heavy atom. The van der Waals surface area contributed by atoms with Crippen LogP contribution in [0.5, 0.6) is 0 Å². The van der Waals surface area contributed by atoms with Gasteiger partial charge in [0.2, 0.25) is 0 Å². The van der Waals surface area contributed by atoms with Crippen LogP contribution in [0.1, 0.15) is 16.1 Å². The van der Waals surface area contributed by atoms with Crippen LogP contribution in [0.25, 0.3) is 10.6 Å². The van der Waals surface area contributed by atoms with Crippen LogP contribution in [0.4, 0.5) is 5.69 Å². The van der Waals surface area contributed by atoms with Crippen molar-refractivity contribution >= 4 is 22.9 Å². The third-order valence-electron chi connectivity index (χ3n) is 3.55. The second-order valence-corrected chi connectivity index (χ2v) is 6.52. The van der Waals surface area contributed by atoms with Crippen molar-refractivity contribution in [2.45, 2.75) is 0 Å². The predicted molar refractivity (Wildman–Crippen MR) is 102 cm³/mol. The van der Waals surface area contributed by atoms with Crippen molar-refractivity contribution in [1.29, 1.82) is 0 Å². The van der Waals surface area contributed by atoms with Crippen molar-refractivity contribution in [2.24, 2.45) is 0 Å². The number of anilines is 1. The van der Waals surface area contributed by atoms with Gasteiger partial charge in [-0.1, -0.05) is 17.9 Å². The molecule has 0 aliphatic heterocycles. The van der Waals surface area contributed by atoms with Gasteiger partial charge in [-0.3, -0.25) is 9.89 Å². The highest BCUT2D eigenvalue weighted by molar-refractivity contribution is 7.13. The van der Waals surface area contributed by atoms with E-state index in [1.165, 1.54) is 0 Å². The van der Waals surface area contributed by atoms with Gasteiger partial charge < -0.3 is 10.2 Å². The summed E-state index contributed by atoms with van der Waals surface area (Å²) >= 11 is 1.59. The van der Waals surface area contributed by atoms with Gasteiger partial charge in [0.25, 0.3) is 5.91 Å². The molecule has 5 nitrogen and oxygen atoms in total. The number of carbonyl (C=O) groups excluding carboxylic acids is 1. The largest absolute Gasteiger partial charge is 0.378 e. The summed E-state index contributed by atoms with van der Waals surface area (Å²) in [5.74, 6) is 5.75. The van der Waals surface area contributed by atoms with Crippen LogP contribution in [0.15, 0.2) is 47.8 Å². The fourth-order valence-corrected chi connectivity index (χ4v) is 2.89. The van der Waals surface area contributed by atoms with Gasteiger partial charge in [-0.25, -0.2) is 0 Å². The molecule has 0 atom stereocenters. The maximum absolute atomic E-state index is 12.1. The molecule has 126 valence electrons. The highest BCUT2D eigenvalue weighted by atomic mass is 32.1. The maximum atomic E-state index is 12.1. The summed E-state index contributed by atoms with van der Waals surface area (Å²) in [6, 6.07) is 13.6. The number of rotatable bonds is 4. The summed E-state index contributed by atoms with van der Waals surface area (Å²) in [5.41, 5.74) is 3.24. The highest BCUT2D eigenvalue weighted by Gasteiger charge is 2.10. The first kappa shape index (κ1) is 16.8. The Bertz CT molecular complexity index is 899. The standard InChI is InChI=1S/C19H18N4OS/c1-23(2)15-9-7-14(8-10-15)5-3-11-20-19(24)17-13-16(21-22-17)18-6-4-12-25-18/h4,6-10,12-13H,11H2,1-2H3,(H,20,24)(H,21,22). The van der Waals surface area contributed by atoms with Gasteiger partial charge in [0, 0.05) is 25.3 Å². The Hall–Kier alpha value is -3.04. The Balaban J connectivity index is 1.55. The van der Waals surface area contributed by atoms with Crippen molar-refractivity contribution in [2.75, 3.05) is 25.5 Å². The molecule has 0 aliphatic rings. The molecule has 0 radical (unpaired) electrons. The fourth-order valence-electron chi connectivity index (χ4n) is 2.20. The van der Waals surface area contributed by atoms with Crippen LogP contribution < -0.4 is 10.2 Å². The zero-order chi connectivity index (χ0) is 17.6. The number of aromatic amines is 1. The van der Waals surface area contributed by atoms with Gasteiger partial charge in [0.15, 0.2) is 5.69 Å². The van der Waals surface area contributed by atoms with Crippen molar-refractivity contribution in [3.8, 4) is 22.4 Å². The molecule has 0 saturated carbocycles. The van der Waals surface area contributed by atoms with Crippen LogP contribution >= 0.6 is 11.3 Å². The Morgan fingerprint density at radius 3 is 2.76 bits per heavy atom. The monoisotopic (exact) mass is 350 g/mol. The van der Waals surface area contributed by atoms with Crippen LogP contribution in [0.3, 0.4) is 0 Å². The lowest BCUT2D eigenvalue weighted by atomic mass is 10.2. The molecule has 2 N–H and O–H groups in total. The highest BCUT2D eigenvalue weighted by Crippen LogP contribution is 2.22. The van der Waals surface area contributed by atoms with E-state index >= 15 is 0 Å². The number of hydrogen-bond donors (Lipinski definition) is 2. The number of amides is 1. The summed E-state index contributed by atoms with van der Waals surface area (Å²) in [6.07, 6.45) is 0. The molecule has 1 amide bonds. The van der Waals surface area contributed by atoms with Crippen LogP contribution in [-0.2, 0) is 0 Å². The van der Waals surface area contributed by atoms with E-state index in [4.69, 9.17) is 0 Å². The number of H-pyrrole nitrogens is 1. The van der Waals surface area contributed by atoms with Crippen molar-refractivity contribution in [3.63, 3.8) is 0 Å². The van der Waals surface area contributed by atoms with Crippen LogP contribution in [0.2, 0.25) is 0 Å². The first-order valence-electron chi connectivity index (χ1n) is 7.77. The molecular weight excluding hydrogens is 332 g/mol. The summed E-state index contributed by atoms with van der Waals surface area (Å²) in [6.45, 7) is 0.273. The second-order valence-electron chi connectivity index (χ2n) is 5.57. The van der Waals surface area contributed by atoms with Crippen LogP contribution in [-0.4, -0.2) is 36.7 Å². The zero-order valence-electron chi connectivity index (χ0n) is 14.0. The maximum Gasteiger partial charge on any atom is 0.272 e. The molecule has 1 aromatic carbocycles. The molecule has 0 saturated heterocycles. The van der Waals surface area contributed by atoms with Crippen molar-refractivity contribution < 1.29 is 4.79 Å². The molecule has 25 heavy (non-hydrogen) atoms. The third-order valence-corrected chi connectivity index (χ3v) is 4.45. The molecule has 0 unspecified atom stereocenters. The van der Waals surface area contributed by atoms with E-state index in [2.05, 4.69) is 27.4 Å². The molecule has 0 fully saturated rings. The minimum absolute atomic E-state index is 0.240. The Labute approximate surface area is 150 Å². The molecule has 0 spiro atoms. The number of nitrogens with zero attached hydrogens (tertiary/aromatic N) is 2. The Kier molecular flexibility index (Phi) is 5.17. The van der Waals surface area contributed by atoms with E-state index in [1.54, 1.807) is 17.4 Å². The summed E-state index contributed by atoms with van der Waals surface area (Å²) in [4.78, 5) is 15.2. The molecule has 3 rings (SSSR count). The lowest BCUT2D eigenvalue weighted by Gasteiger charge is -2.11. The molecule has 0 bridgehead atoms. The predicted octanol–water partition coefficient (Wildman–Crippen LogP) is 2.99. The topological polar surface area (TPSA) is 61.0 Å². The molecule has 0 aliphatic carbocycles. The average Bonchev–Trinajstić information content (AvgIpc) is 3.29. The normalized spacial score (nSPS) is 10.0. The molecule has 2 heterocycles. The molecule has 3 aromatic rings. The van der Waals surface area contributed by atoms with E-state index in [0.29, 0.717) is 5.69 Å². The van der Waals surface area contributed by atoms with Gasteiger partial charge in [0.1, 0.15) is 0 Å². The van der Waals surface area contributed by atoms with E-state index < -0.39 is 0 Å². The smallest absolute Gasteiger partial charge is 0.272 e. The van der Waals surface area contributed by atoms with Crippen molar-refractivity contribution in [3.05, 3.63) is 59.1 Å². The van der Waals surface area contributed by atoms with Gasteiger partial charge >= 0.3 is 0 Å². The van der Waals surface area contributed by atoms with E-state index in [-0.39, 0.29) is 12.5 Å². The second kappa shape index (κ2) is 7.69. The molecule has 2 aromatic heterocycles. The lowest BCUT2D eigenvalue weighted by molar-refractivity contribution is 0.0953. The number of thiophene rings is 1. The van der Waals surface area contributed by atoms with E-state index in [1.807, 2.05) is 60.8 Å².